The largest absolute Gasteiger partial charge is 0.390 e. The number of aliphatic hydroxyl groups is 1. The molecule has 0 saturated heterocycles. The fourth-order valence-corrected chi connectivity index (χ4v) is 2.42. The van der Waals surface area contributed by atoms with E-state index in [4.69, 9.17) is 14.2 Å². The SMILES string of the molecule is COCCOC1C(O)CC1OCc1cccs1. The van der Waals surface area contributed by atoms with Crippen LogP contribution in [0.5, 0.6) is 0 Å². The van der Waals surface area contributed by atoms with Crippen LogP contribution < -0.4 is 0 Å². The molecule has 1 aliphatic carbocycles. The van der Waals surface area contributed by atoms with Crippen molar-refractivity contribution >= 4 is 11.3 Å². The molecule has 2 rings (SSSR count). The maximum absolute atomic E-state index is 9.59. The van der Waals surface area contributed by atoms with Crippen molar-refractivity contribution < 1.29 is 19.3 Å². The Kier molecular flexibility index (Phi) is 4.94. The molecule has 1 aromatic rings. The average Bonchev–Trinajstić information content (AvgIpc) is 2.83. The van der Waals surface area contributed by atoms with Crippen LogP contribution in [0.15, 0.2) is 17.5 Å². The van der Waals surface area contributed by atoms with Gasteiger partial charge in [0.05, 0.1) is 32.0 Å². The van der Waals surface area contributed by atoms with Gasteiger partial charge in [-0.1, -0.05) is 6.07 Å². The standard InChI is InChI=1S/C12H18O4S/c1-14-4-5-15-12-10(13)7-11(12)16-8-9-3-2-6-17-9/h2-3,6,10-13H,4-5,7-8H2,1H3. The molecule has 1 heterocycles. The third-order valence-corrected chi connectivity index (χ3v) is 3.69. The van der Waals surface area contributed by atoms with E-state index in [0.29, 0.717) is 26.2 Å². The molecule has 0 aliphatic heterocycles. The highest BCUT2D eigenvalue weighted by molar-refractivity contribution is 7.09. The summed E-state index contributed by atoms with van der Waals surface area (Å²) >= 11 is 1.67. The molecule has 1 aliphatic rings. The van der Waals surface area contributed by atoms with E-state index in [0.717, 1.165) is 0 Å². The van der Waals surface area contributed by atoms with Gasteiger partial charge < -0.3 is 19.3 Å². The Morgan fingerprint density at radius 1 is 1.41 bits per heavy atom. The molecule has 1 fully saturated rings. The van der Waals surface area contributed by atoms with E-state index >= 15 is 0 Å². The van der Waals surface area contributed by atoms with Gasteiger partial charge in [0.15, 0.2) is 0 Å². The van der Waals surface area contributed by atoms with Gasteiger partial charge in [0.2, 0.25) is 0 Å². The quantitative estimate of drug-likeness (QED) is 0.752. The summed E-state index contributed by atoms with van der Waals surface area (Å²) in [6, 6.07) is 4.05. The molecule has 1 saturated carbocycles. The maximum atomic E-state index is 9.59. The van der Waals surface area contributed by atoms with Crippen molar-refractivity contribution in [3.8, 4) is 0 Å². The monoisotopic (exact) mass is 258 g/mol. The Bertz CT molecular complexity index is 314. The van der Waals surface area contributed by atoms with Gasteiger partial charge in [-0.3, -0.25) is 0 Å². The molecule has 17 heavy (non-hydrogen) atoms. The summed E-state index contributed by atoms with van der Waals surface area (Å²) in [5.41, 5.74) is 0. The average molecular weight is 258 g/mol. The zero-order valence-corrected chi connectivity index (χ0v) is 10.7. The van der Waals surface area contributed by atoms with Gasteiger partial charge >= 0.3 is 0 Å². The lowest BCUT2D eigenvalue weighted by molar-refractivity contribution is -0.198. The Labute approximate surface area is 105 Å². The highest BCUT2D eigenvalue weighted by atomic mass is 32.1. The van der Waals surface area contributed by atoms with Crippen molar-refractivity contribution in [2.45, 2.75) is 31.3 Å². The van der Waals surface area contributed by atoms with Crippen molar-refractivity contribution in [2.75, 3.05) is 20.3 Å². The minimum absolute atomic E-state index is 0.00366. The third kappa shape index (κ3) is 3.50. The number of methoxy groups -OCH3 is 1. The highest BCUT2D eigenvalue weighted by Crippen LogP contribution is 2.28. The number of rotatable bonds is 7. The first-order chi connectivity index (χ1) is 8.31. The fourth-order valence-electron chi connectivity index (χ4n) is 1.79. The van der Waals surface area contributed by atoms with Crippen LogP contribution in [0.4, 0.5) is 0 Å². The molecule has 0 radical (unpaired) electrons. The molecule has 0 amide bonds. The summed E-state index contributed by atoms with van der Waals surface area (Å²) < 4.78 is 16.1. The van der Waals surface area contributed by atoms with Crippen molar-refractivity contribution in [1.82, 2.24) is 0 Å². The van der Waals surface area contributed by atoms with E-state index in [1.54, 1.807) is 18.4 Å². The van der Waals surface area contributed by atoms with E-state index in [1.807, 2.05) is 17.5 Å². The second kappa shape index (κ2) is 6.47. The number of hydrogen-bond acceptors (Lipinski definition) is 5. The summed E-state index contributed by atoms with van der Waals surface area (Å²) in [4.78, 5) is 1.20. The van der Waals surface area contributed by atoms with Crippen LogP contribution in [0.2, 0.25) is 0 Å². The normalized spacial score (nSPS) is 28.0. The van der Waals surface area contributed by atoms with Gasteiger partial charge in [-0.15, -0.1) is 11.3 Å². The molecule has 0 aromatic carbocycles. The second-order valence-corrected chi connectivity index (χ2v) is 5.09. The lowest BCUT2D eigenvalue weighted by Gasteiger charge is -2.40. The lowest BCUT2D eigenvalue weighted by Crippen LogP contribution is -2.53. The van der Waals surface area contributed by atoms with E-state index in [-0.39, 0.29) is 12.2 Å². The van der Waals surface area contributed by atoms with Crippen molar-refractivity contribution in [3.05, 3.63) is 22.4 Å². The van der Waals surface area contributed by atoms with Crippen LogP contribution in [0.25, 0.3) is 0 Å². The third-order valence-electron chi connectivity index (χ3n) is 2.84. The smallest absolute Gasteiger partial charge is 0.110 e. The zero-order valence-electron chi connectivity index (χ0n) is 9.87. The van der Waals surface area contributed by atoms with Crippen LogP contribution >= 0.6 is 11.3 Å². The molecule has 1 aromatic heterocycles. The Morgan fingerprint density at radius 2 is 2.29 bits per heavy atom. The van der Waals surface area contributed by atoms with Crippen LogP contribution in [0, 0.1) is 0 Å². The minimum atomic E-state index is -0.403. The second-order valence-electron chi connectivity index (χ2n) is 4.06. The Hall–Kier alpha value is -0.460. The lowest BCUT2D eigenvalue weighted by atomic mass is 9.88. The van der Waals surface area contributed by atoms with Gasteiger partial charge in [0, 0.05) is 18.4 Å². The number of aliphatic hydroxyl groups excluding tert-OH is 1. The van der Waals surface area contributed by atoms with E-state index in [2.05, 4.69) is 0 Å². The number of hydrogen-bond donors (Lipinski definition) is 1. The molecule has 1 N–H and O–H groups in total. The predicted molar refractivity (Wildman–Crippen MR) is 65.1 cm³/mol. The maximum Gasteiger partial charge on any atom is 0.110 e. The summed E-state index contributed by atoms with van der Waals surface area (Å²) in [6.45, 7) is 1.64. The van der Waals surface area contributed by atoms with E-state index < -0.39 is 6.10 Å². The topological polar surface area (TPSA) is 47.9 Å². The molecule has 0 spiro atoms. The molecule has 4 nitrogen and oxygen atoms in total. The fraction of sp³-hybridized carbons (Fsp3) is 0.667. The van der Waals surface area contributed by atoms with Crippen LogP contribution in [0.1, 0.15) is 11.3 Å². The molecular weight excluding hydrogens is 240 g/mol. The molecule has 5 heteroatoms. The van der Waals surface area contributed by atoms with Gasteiger partial charge in [0.25, 0.3) is 0 Å². The first kappa shape index (κ1) is 13.0. The van der Waals surface area contributed by atoms with Gasteiger partial charge in [-0.2, -0.15) is 0 Å². The van der Waals surface area contributed by atoms with E-state index in [9.17, 15) is 5.11 Å². The first-order valence-electron chi connectivity index (χ1n) is 5.74. The number of thiophene rings is 1. The predicted octanol–water partition coefficient (Wildman–Crippen LogP) is 1.43. The van der Waals surface area contributed by atoms with Gasteiger partial charge in [-0.05, 0) is 11.4 Å². The van der Waals surface area contributed by atoms with Gasteiger partial charge in [0.1, 0.15) is 6.10 Å². The summed E-state index contributed by atoms with van der Waals surface area (Å²) in [7, 11) is 1.63. The summed E-state index contributed by atoms with van der Waals surface area (Å²) in [5.74, 6) is 0. The molecule has 96 valence electrons. The molecule has 3 unspecified atom stereocenters. The molecule has 3 atom stereocenters. The Balaban J connectivity index is 1.69. The van der Waals surface area contributed by atoms with Crippen molar-refractivity contribution in [2.24, 2.45) is 0 Å². The minimum Gasteiger partial charge on any atom is -0.390 e. The number of ether oxygens (including phenoxy) is 3. The van der Waals surface area contributed by atoms with Gasteiger partial charge in [-0.25, -0.2) is 0 Å². The summed E-state index contributed by atoms with van der Waals surface area (Å²) in [5, 5.41) is 11.6. The zero-order chi connectivity index (χ0) is 12.1. The van der Waals surface area contributed by atoms with Crippen LogP contribution in [-0.2, 0) is 20.8 Å². The first-order valence-corrected chi connectivity index (χ1v) is 6.62. The molecular formula is C12H18O4S. The summed E-state index contributed by atoms with van der Waals surface area (Å²) in [6.07, 6.45) is 0.0532. The van der Waals surface area contributed by atoms with Crippen molar-refractivity contribution in [1.29, 1.82) is 0 Å². The van der Waals surface area contributed by atoms with E-state index in [1.165, 1.54) is 4.88 Å². The Morgan fingerprint density at radius 3 is 2.94 bits per heavy atom. The highest BCUT2D eigenvalue weighted by Gasteiger charge is 2.41. The van der Waals surface area contributed by atoms with Crippen LogP contribution in [0.3, 0.4) is 0 Å². The molecule has 0 bridgehead atoms. The van der Waals surface area contributed by atoms with Crippen molar-refractivity contribution in [3.63, 3.8) is 0 Å². The van der Waals surface area contributed by atoms with Crippen LogP contribution in [-0.4, -0.2) is 43.7 Å².